The molecule has 0 aromatic carbocycles. The Morgan fingerprint density at radius 2 is 2.58 bits per heavy atom. The fraction of sp³-hybridized carbons (Fsp3) is 0.667. The number of rotatable bonds is 2. The lowest BCUT2D eigenvalue weighted by atomic mass is 10.1. The lowest BCUT2D eigenvalue weighted by Gasteiger charge is -2.17. The van der Waals surface area contributed by atoms with E-state index in [-0.39, 0.29) is 11.8 Å². The average molecular weight is 183 g/mol. The van der Waals surface area contributed by atoms with Gasteiger partial charge in [-0.3, -0.25) is 4.79 Å². The van der Waals surface area contributed by atoms with E-state index < -0.39 is 0 Å². The molecule has 3 heteroatoms. The molecule has 1 fully saturated rings. The van der Waals surface area contributed by atoms with Gasteiger partial charge < -0.3 is 4.90 Å². The number of hydrogen-bond donors (Lipinski definition) is 0. The molecule has 1 unspecified atom stereocenters. The topological polar surface area (TPSA) is 20.3 Å². The van der Waals surface area contributed by atoms with Crippen molar-refractivity contribution in [2.45, 2.75) is 6.42 Å². The molecule has 1 amide bonds. The van der Waals surface area contributed by atoms with Crippen molar-refractivity contribution in [3.05, 3.63) is 0 Å². The van der Waals surface area contributed by atoms with E-state index in [1.54, 1.807) is 11.9 Å². The SMILES string of the molecule is C#CCN(C)C(=O)C1CCSC1. The smallest absolute Gasteiger partial charge is 0.227 e. The van der Waals surface area contributed by atoms with Crippen LogP contribution in [0, 0.1) is 18.3 Å². The summed E-state index contributed by atoms with van der Waals surface area (Å²) < 4.78 is 0. The van der Waals surface area contributed by atoms with Crippen LogP contribution in [0.5, 0.6) is 0 Å². The Balaban J connectivity index is 2.41. The van der Waals surface area contributed by atoms with Crippen LogP contribution in [0.15, 0.2) is 0 Å². The summed E-state index contributed by atoms with van der Waals surface area (Å²) in [4.78, 5) is 13.2. The fourth-order valence-electron chi connectivity index (χ4n) is 1.26. The van der Waals surface area contributed by atoms with Crippen molar-refractivity contribution in [2.24, 2.45) is 5.92 Å². The second-order valence-electron chi connectivity index (χ2n) is 2.96. The Morgan fingerprint density at radius 1 is 1.83 bits per heavy atom. The molecule has 1 rings (SSSR count). The summed E-state index contributed by atoms with van der Waals surface area (Å²) in [6.45, 7) is 0.431. The molecule has 0 aliphatic carbocycles. The quantitative estimate of drug-likeness (QED) is 0.591. The highest BCUT2D eigenvalue weighted by Crippen LogP contribution is 2.24. The van der Waals surface area contributed by atoms with Crippen LogP contribution in [0.1, 0.15) is 6.42 Å². The van der Waals surface area contributed by atoms with Gasteiger partial charge in [0.05, 0.1) is 6.54 Å². The molecule has 0 saturated carbocycles. The Labute approximate surface area is 77.7 Å². The zero-order chi connectivity index (χ0) is 8.97. The minimum absolute atomic E-state index is 0.206. The van der Waals surface area contributed by atoms with E-state index in [1.807, 2.05) is 11.8 Å². The van der Waals surface area contributed by atoms with Gasteiger partial charge in [-0.25, -0.2) is 0 Å². The molecule has 12 heavy (non-hydrogen) atoms. The van der Waals surface area contributed by atoms with Crippen LogP contribution >= 0.6 is 11.8 Å². The zero-order valence-corrected chi connectivity index (χ0v) is 8.06. The van der Waals surface area contributed by atoms with Gasteiger partial charge in [0.2, 0.25) is 5.91 Å². The summed E-state index contributed by atoms with van der Waals surface area (Å²) in [7, 11) is 1.77. The summed E-state index contributed by atoms with van der Waals surface area (Å²) >= 11 is 1.85. The molecule has 2 nitrogen and oxygen atoms in total. The van der Waals surface area contributed by atoms with E-state index in [0.29, 0.717) is 6.54 Å². The summed E-state index contributed by atoms with van der Waals surface area (Å²) in [5, 5.41) is 0. The summed E-state index contributed by atoms with van der Waals surface area (Å²) in [5.74, 6) is 4.97. The van der Waals surface area contributed by atoms with Gasteiger partial charge >= 0.3 is 0 Å². The van der Waals surface area contributed by atoms with Gasteiger partial charge in [-0.1, -0.05) is 5.92 Å². The zero-order valence-electron chi connectivity index (χ0n) is 7.25. The van der Waals surface area contributed by atoms with E-state index in [0.717, 1.165) is 17.9 Å². The number of amides is 1. The molecule has 0 bridgehead atoms. The van der Waals surface area contributed by atoms with Crippen molar-refractivity contribution in [2.75, 3.05) is 25.1 Å². The molecule has 1 aliphatic heterocycles. The Hall–Kier alpha value is -0.620. The van der Waals surface area contributed by atoms with Crippen LogP contribution in [0.3, 0.4) is 0 Å². The maximum Gasteiger partial charge on any atom is 0.227 e. The summed E-state index contributed by atoms with van der Waals surface area (Å²) in [6, 6.07) is 0. The molecular weight excluding hydrogens is 170 g/mol. The largest absolute Gasteiger partial charge is 0.334 e. The third-order valence-electron chi connectivity index (χ3n) is 1.98. The number of nitrogens with zero attached hydrogens (tertiary/aromatic N) is 1. The highest BCUT2D eigenvalue weighted by atomic mass is 32.2. The van der Waals surface area contributed by atoms with Crippen LogP contribution in [-0.4, -0.2) is 35.9 Å². The first-order valence-corrected chi connectivity index (χ1v) is 5.17. The first-order chi connectivity index (χ1) is 5.75. The summed E-state index contributed by atoms with van der Waals surface area (Å²) in [5.41, 5.74) is 0. The lowest BCUT2D eigenvalue weighted by Crippen LogP contribution is -2.33. The molecule has 0 radical (unpaired) electrons. The highest BCUT2D eigenvalue weighted by Gasteiger charge is 2.25. The van der Waals surface area contributed by atoms with Gasteiger partial charge in [0, 0.05) is 18.7 Å². The van der Waals surface area contributed by atoms with Crippen LogP contribution in [-0.2, 0) is 4.79 Å². The van der Waals surface area contributed by atoms with Gasteiger partial charge in [0.25, 0.3) is 0 Å². The minimum atomic E-state index is 0.206. The third kappa shape index (κ3) is 2.18. The van der Waals surface area contributed by atoms with E-state index in [4.69, 9.17) is 6.42 Å². The molecule has 1 atom stereocenters. The third-order valence-corrected chi connectivity index (χ3v) is 3.15. The maximum atomic E-state index is 11.6. The second-order valence-corrected chi connectivity index (χ2v) is 4.11. The van der Waals surface area contributed by atoms with Crippen molar-refractivity contribution in [1.82, 2.24) is 4.90 Å². The normalized spacial score (nSPS) is 21.8. The first-order valence-electron chi connectivity index (χ1n) is 4.02. The van der Waals surface area contributed by atoms with Crippen LogP contribution < -0.4 is 0 Å². The molecular formula is C9H13NOS. The van der Waals surface area contributed by atoms with Gasteiger partial charge in [-0.05, 0) is 12.2 Å². The second kappa shape index (κ2) is 4.42. The number of thioether (sulfide) groups is 1. The van der Waals surface area contributed by atoms with Crippen LogP contribution in [0.4, 0.5) is 0 Å². The minimum Gasteiger partial charge on any atom is -0.334 e. The van der Waals surface area contributed by atoms with Crippen molar-refractivity contribution >= 4 is 17.7 Å². The standard InChI is InChI=1S/C9H13NOS/c1-3-5-10(2)9(11)8-4-6-12-7-8/h1,8H,4-7H2,2H3. The predicted octanol–water partition coefficient (Wildman–Crippen LogP) is 0.831. The van der Waals surface area contributed by atoms with E-state index >= 15 is 0 Å². The highest BCUT2D eigenvalue weighted by molar-refractivity contribution is 7.99. The van der Waals surface area contributed by atoms with E-state index in [1.165, 1.54) is 0 Å². The van der Waals surface area contributed by atoms with Gasteiger partial charge in [0.1, 0.15) is 0 Å². The molecule has 0 aromatic rings. The monoisotopic (exact) mass is 183 g/mol. The van der Waals surface area contributed by atoms with Crippen molar-refractivity contribution in [3.63, 3.8) is 0 Å². The van der Waals surface area contributed by atoms with Gasteiger partial charge in [-0.2, -0.15) is 11.8 Å². The number of terminal acetylenes is 1. The number of carbonyl (C=O) groups is 1. The Morgan fingerprint density at radius 3 is 3.08 bits per heavy atom. The summed E-state index contributed by atoms with van der Waals surface area (Å²) in [6.07, 6.45) is 6.13. The predicted molar refractivity (Wildman–Crippen MR) is 51.9 cm³/mol. The van der Waals surface area contributed by atoms with Crippen molar-refractivity contribution in [3.8, 4) is 12.3 Å². The Kier molecular flexibility index (Phi) is 3.48. The van der Waals surface area contributed by atoms with Crippen LogP contribution in [0.2, 0.25) is 0 Å². The Bertz CT molecular complexity index is 203. The van der Waals surface area contributed by atoms with Crippen molar-refractivity contribution < 1.29 is 4.79 Å². The molecule has 0 N–H and O–H groups in total. The fourth-order valence-corrected chi connectivity index (χ4v) is 2.47. The van der Waals surface area contributed by atoms with E-state index in [9.17, 15) is 4.79 Å². The first kappa shape index (κ1) is 9.47. The molecule has 0 aromatic heterocycles. The molecule has 0 spiro atoms. The molecule has 1 heterocycles. The molecule has 66 valence electrons. The molecule has 1 aliphatic rings. The van der Waals surface area contributed by atoms with Crippen molar-refractivity contribution in [1.29, 1.82) is 0 Å². The van der Waals surface area contributed by atoms with Gasteiger partial charge in [-0.15, -0.1) is 6.42 Å². The molecule has 1 saturated heterocycles. The number of hydrogen-bond acceptors (Lipinski definition) is 2. The van der Waals surface area contributed by atoms with Gasteiger partial charge in [0.15, 0.2) is 0 Å². The lowest BCUT2D eigenvalue weighted by molar-refractivity contribution is -0.132. The maximum absolute atomic E-state index is 11.6. The number of carbonyl (C=O) groups excluding carboxylic acids is 1. The van der Waals surface area contributed by atoms with Crippen LogP contribution in [0.25, 0.3) is 0 Å². The van der Waals surface area contributed by atoms with E-state index in [2.05, 4.69) is 5.92 Å². The average Bonchev–Trinajstić information content (AvgIpc) is 2.55.